The van der Waals surface area contributed by atoms with Gasteiger partial charge in [-0.2, -0.15) is 0 Å². The van der Waals surface area contributed by atoms with Crippen molar-refractivity contribution in [2.45, 2.75) is 65.0 Å². The maximum atomic E-state index is 11.6. The monoisotopic (exact) mass is 241 g/mol. The fourth-order valence-corrected chi connectivity index (χ4v) is 2.16. The van der Waals surface area contributed by atoms with Crippen molar-refractivity contribution in [1.29, 1.82) is 0 Å². The highest BCUT2D eigenvalue weighted by Crippen LogP contribution is 2.25. The Morgan fingerprint density at radius 1 is 1.24 bits per heavy atom. The van der Waals surface area contributed by atoms with Crippen molar-refractivity contribution in [2.75, 3.05) is 0 Å². The van der Waals surface area contributed by atoms with Gasteiger partial charge in [-0.05, 0) is 47.0 Å². The molecule has 0 aliphatic heterocycles. The molecular weight excluding hydrogens is 218 g/mol. The summed E-state index contributed by atoms with van der Waals surface area (Å²) in [6.45, 7) is 7.14. The van der Waals surface area contributed by atoms with E-state index in [0.29, 0.717) is 0 Å². The number of alkyl carbamates (subject to hydrolysis) is 1. The largest absolute Gasteiger partial charge is 0.444 e. The van der Waals surface area contributed by atoms with Crippen LogP contribution < -0.4 is 5.32 Å². The third-order valence-electron chi connectivity index (χ3n) is 2.97. The van der Waals surface area contributed by atoms with Crippen LogP contribution in [0.5, 0.6) is 0 Å². The first-order valence-corrected chi connectivity index (χ1v) is 6.28. The normalized spacial score (nSPS) is 25.2. The minimum Gasteiger partial charge on any atom is -0.444 e. The highest BCUT2D eigenvalue weighted by molar-refractivity contribution is 5.78. The number of hydrogen-bond acceptors (Lipinski definition) is 3. The average Bonchev–Trinajstić information content (AvgIpc) is 2.14. The van der Waals surface area contributed by atoms with Crippen molar-refractivity contribution in [3.8, 4) is 0 Å². The van der Waals surface area contributed by atoms with E-state index in [1.807, 2.05) is 20.8 Å². The molecule has 1 aliphatic carbocycles. The maximum absolute atomic E-state index is 11.6. The van der Waals surface area contributed by atoms with Gasteiger partial charge >= 0.3 is 6.09 Å². The number of carbonyl (C=O) groups is 2. The van der Waals surface area contributed by atoms with Crippen molar-refractivity contribution >= 4 is 11.9 Å². The molecule has 0 aromatic heterocycles. The molecule has 0 unspecified atom stereocenters. The SMILES string of the molecule is CC(=O)[C@@H]1CCC[C@@H](NC(=O)OC(C)(C)C)C1. The molecular formula is C13H23NO3. The number of rotatable bonds is 2. The first-order chi connectivity index (χ1) is 7.78. The standard InChI is InChI=1S/C13H23NO3/c1-9(15)10-6-5-7-11(8-10)14-12(16)17-13(2,3)4/h10-11H,5-8H2,1-4H3,(H,14,16)/t10-,11-/m1/s1. The van der Waals surface area contributed by atoms with Crippen molar-refractivity contribution < 1.29 is 14.3 Å². The fraction of sp³-hybridized carbons (Fsp3) is 0.846. The van der Waals surface area contributed by atoms with Gasteiger partial charge in [-0.25, -0.2) is 4.79 Å². The van der Waals surface area contributed by atoms with Crippen molar-refractivity contribution in [2.24, 2.45) is 5.92 Å². The molecule has 98 valence electrons. The predicted molar refractivity (Wildman–Crippen MR) is 65.8 cm³/mol. The van der Waals surface area contributed by atoms with Crippen LogP contribution in [0.3, 0.4) is 0 Å². The summed E-state index contributed by atoms with van der Waals surface area (Å²) in [6.07, 6.45) is 3.23. The Morgan fingerprint density at radius 2 is 1.88 bits per heavy atom. The third-order valence-corrected chi connectivity index (χ3v) is 2.97. The van der Waals surface area contributed by atoms with Crippen LogP contribution in [-0.4, -0.2) is 23.5 Å². The van der Waals surface area contributed by atoms with E-state index in [-0.39, 0.29) is 23.8 Å². The van der Waals surface area contributed by atoms with E-state index in [4.69, 9.17) is 4.74 Å². The third kappa shape index (κ3) is 5.20. The summed E-state index contributed by atoms with van der Waals surface area (Å²) in [7, 11) is 0. The molecule has 0 saturated heterocycles. The topological polar surface area (TPSA) is 55.4 Å². The fourth-order valence-electron chi connectivity index (χ4n) is 2.16. The zero-order chi connectivity index (χ0) is 13.1. The van der Waals surface area contributed by atoms with E-state index >= 15 is 0 Å². The first kappa shape index (κ1) is 14.0. The number of nitrogens with one attached hydrogen (secondary N) is 1. The zero-order valence-electron chi connectivity index (χ0n) is 11.2. The number of amides is 1. The summed E-state index contributed by atoms with van der Waals surface area (Å²) in [6, 6.07) is 0.0764. The molecule has 0 bridgehead atoms. The molecule has 1 rings (SSSR count). The maximum Gasteiger partial charge on any atom is 0.407 e. The van der Waals surface area contributed by atoms with Gasteiger partial charge in [0.1, 0.15) is 11.4 Å². The lowest BCUT2D eigenvalue weighted by Gasteiger charge is -2.29. The molecule has 0 spiro atoms. The lowest BCUT2D eigenvalue weighted by atomic mass is 9.83. The van der Waals surface area contributed by atoms with E-state index < -0.39 is 5.60 Å². The summed E-state index contributed by atoms with van der Waals surface area (Å²) >= 11 is 0. The Hall–Kier alpha value is -1.06. The number of hydrogen-bond donors (Lipinski definition) is 1. The van der Waals surface area contributed by atoms with Gasteiger partial charge in [-0.1, -0.05) is 6.42 Å². The van der Waals surface area contributed by atoms with Gasteiger partial charge in [-0.15, -0.1) is 0 Å². The quantitative estimate of drug-likeness (QED) is 0.808. The van der Waals surface area contributed by atoms with Crippen LogP contribution in [-0.2, 0) is 9.53 Å². The van der Waals surface area contributed by atoms with Crippen LogP contribution in [0.1, 0.15) is 53.4 Å². The van der Waals surface area contributed by atoms with Crippen molar-refractivity contribution in [3.05, 3.63) is 0 Å². The van der Waals surface area contributed by atoms with E-state index in [1.165, 1.54) is 0 Å². The average molecular weight is 241 g/mol. The summed E-state index contributed by atoms with van der Waals surface area (Å²) < 4.78 is 5.20. The highest BCUT2D eigenvalue weighted by atomic mass is 16.6. The van der Waals surface area contributed by atoms with Crippen LogP contribution in [0.2, 0.25) is 0 Å². The second-order valence-corrected chi connectivity index (χ2v) is 5.82. The number of carbonyl (C=O) groups excluding carboxylic acids is 2. The van der Waals surface area contributed by atoms with Gasteiger partial charge in [0.25, 0.3) is 0 Å². The highest BCUT2D eigenvalue weighted by Gasteiger charge is 2.27. The minimum atomic E-state index is -0.473. The summed E-state index contributed by atoms with van der Waals surface area (Å²) in [5, 5.41) is 2.85. The Bertz CT molecular complexity index is 294. The first-order valence-electron chi connectivity index (χ1n) is 6.28. The lowest BCUT2D eigenvalue weighted by molar-refractivity contribution is -0.121. The van der Waals surface area contributed by atoms with Crippen LogP contribution in [0.15, 0.2) is 0 Å². The molecule has 0 radical (unpaired) electrons. The minimum absolute atomic E-state index is 0.0764. The van der Waals surface area contributed by atoms with E-state index in [9.17, 15) is 9.59 Å². The van der Waals surface area contributed by atoms with E-state index in [1.54, 1.807) is 6.92 Å². The second-order valence-electron chi connectivity index (χ2n) is 5.82. The van der Waals surface area contributed by atoms with Gasteiger partial charge in [0.2, 0.25) is 0 Å². The molecule has 1 amide bonds. The zero-order valence-corrected chi connectivity index (χ0v) is 11.2. The molecule has 0 aromatic rings. The molecule has 1 N–H and O–H groups in total. The van der Waals surface area contributed by atoms with Crippen LogP contribution in [0, 0.1) is 5.92 Å². The Balaban J connectivity index is 2.41. The molecule has 1 aliphatic rings. The van der Waals surface area contributed by atoms with E-state index in [2.05, 4.69) is 5.32 Å². The second kappa shape index (κ2) is 5.52. The van der Waals surface area contributed by atoms with Gasteiger partial charge in [-0.3, -0.25) is 4.79 Å². The molecule has 0 aromatic carbocycles. The molecule has 17 heavy (non-hydrogen) atoms. The van der Waals surface area contributed by atoms with Gasteiger partial charge in [0.05, 0.1) is 0 Å². The van der Waals surface area contributed by atoms with Crippen molar-refractivity contribution in [3.63, 3.8) is 0 Å². The summed E-state index contributed by atoms with van der Waals surface area (Å²) in [4.78, 5) is 22.9. The molecule has 2 atom stereocenters. The van der Waals surface area contributed by atoms with Crippen LogP contribution >= 0.6 is 0 Å². The molecule has 4 heteroatoms. The molecule has 1 saturated carbocycles. The predicted octanol–water partition coefficient (Wildman–Crippen LogP) is 2.66. The number of Topliss-reactive ketones (excluding diaryl/α,β-unsaturated/α-hetero) is 1. The van der Waals surface area contributed by atoms with Crippen LogP contribution in [0.4, 0.5) is 4.79 Å². The summed E-state index contributed by atoms with van der Waals surface area (Å²) in [5.74, 6) is 0.323. The van der Waals surface area contributed by atoms with Gasteiger partial charge < -0.3 is 10.1 Å². The number of ketones is 1. The Labute approximate surface area is 103 Å². The lowest BCUT2D eigenvalue weighted by Crippen LogP contribution is -2.42. The van der Waals surface area contributed by atoms with Gasteiger partial charge in [0, 0.05) is 12.0 Å². The van der Waals surface area contributed by atoms with Gasteiger partial charge in [0.15, 0.2) is 0 Å². The molecule has 4 nitrogen and oxygen atoms in total. The molecule has 0 heterocycles. The Morgan fingerprint density at radius 3 is 2.41 bits per heavy atom. The van der Waals surface area contributed by atoms with Crippen molar-refractivity contribution in [1.82, 2.24) is 5.32 Å². The number of ether oxygens (including phenoxy) is 1. The molecule has 1 fully saturated rings. The van der Waals surface area contributed by atoms with E-state index in [0.717, 1.165) is 25.7 Å². The summed E-state index contributed by atoms with van der Waals surface area (Å²) in [5.41, 5.74) is -0.473. The Kier molecular flexibility index (Phi) is 4.54. The smallest absolute Gasteiger partial charge is 0.407 e. The van der Waals surface area contributed by atoms with Crippen LogP contribution in [0.25, 0.3) is 0 Å².